The van der Waals surface area contributed by atoms with E-state index in [4.69, 9.17) is 14.5 Å². The molecule has 0 saturated heterocycles. The standard InChI is InChI=1S/C20H22N2O3S/c1-3-24-13-14-26-20-21-16-10-6-5-9-15(16)19(23)22(20)17-11-7-8-12-18(17)25-4-2/h5-12H,3-4,13-14H2,1-2H3. The molecule has 2 aromatic carbocycles. The van der Waals surface area contributed by atoms with E-state index in [1.54, 1.807) is 10.6 Å². The van der Waals surface area contributed by atoms with Gasteiger partial charge < -0.3 is 9.47 Å². The van der Waals surface area contributed by atoms with Crippen LogP contribution in [0.15, 0.2) is 58.5 Å². The van der Waals surface area contributed by atoms with Crippen LogP contribution in [0.3, 0.4) is 0 Å². The molecule has 0 aliphatic rings. The van der Waals surface area contributed by atoms with Gasteiger partial charge in [0.05, 0.1) is 29.8 Å². The van der Waals surface area contributed by atoms with Crippen LogP contribution in [-0.4, -0.2) is 35.1 Å². The van der Waals surface area contributed by atoms with Gasteiger partial charge in [-0.25, -0.2) is 4.98 Å². The number of benzene rings is 2. The second-order valence-corrected chi connectivity index (χ2v) is 6.56. The van der Waals surface area contributed by atoms with Crippen molar-refractivity contribution in [2.45, 2.75) is 19.0 Å². The van der Waals surface area contributed by atoms with E-state index in [-0.39, 0.29) is 5.56 Å². The average molecular weight is 370 g/mol. The van der Waals surface area contributed by atoms with Crippen molar-refractivity contribution in [1.29, 1.82) is 0 Å². The fourth-order valence-electron chi connectivity index (χ4n) is 2.68. The molecular formula is C20H22N2O3S. The zero-order valence-electron chi connectivity index (χ0n) is 15.0. The molecular weight excluding hydrogens is 348 g/mol. The Kier molecular flexibility index (Phi) is 6.30. The number of fused-ring (bicyclic) bond motifs is 1. The Hall–Kier alpha value is -2.31. The molecule has 3 aromatic rings. The van der Waals surface area contributed by atoms with Gasteiger partial charge >= 0.3 is 0 Å². The van der Waals surface area contributed by atoms with Crippen LogP contribution in [0.1, 0.15) is 13.8 Å². The molecule has 0 amide bonds. The third kappa shape index (κ3) is 3.92. The molecule has 0 aliphatic heterocycles. The Morgan fingerprint density at radius 1 is 1.04 bits per heavy atom. The van der Waals surface area contributed by atoms with E-state index in [0.717, 1.165) is 5.75 Å². The van der Waals surface area contributed by atoms with E-state index < -0.39 is 0 Å². The van der Waals surface area contributed by atoms with Gasteiger partial charge in [-0.1, -0.05) is 36.0 Å². The first-order chi connectivity index (χ1) is 12.8. The second-order valence-electron chi connectivity index (χ2n) is 5.50. The number of hydrogen-bond acceptors (Lipinski definition) is 5. The van der Waals surface area contributed by atoms with Crippen LogP contribution in [-0.2, 0) is 4.74 Å². The highest BCUT2D eigenvalue weighted by Gasteiger charge is 2.16. The maximum Gasteiger partial charge on any atom is 0.266 e. The summed E-state index contributed by atoms with van der Waals surface area (Å²) in [6, 6.07) is 15.0. The summed E-state index contributed by atoms with van der Waals surface area (Å²) in [7, 11) is 0. The number of ether oxygens (including phenoxy) is 2. The Morgan fingerprint density at radius 2 is 1.81 bits per heavy atom. The smallest absolute Gasteiger partial charge is 0.266 e. The van der Waals surface area contributed by atoms with Crippen LogP contribution in [0.5, 0.6) is 5.75 Å². The number of rotatable bonds is 8. The molecule has 0 fully saturated rings. The molecule has 3 rings (SSSR count). The summed E-state index contributed by atoms with van der Waals surface area (Å²) in [6.45, 7) is 5.70. The Labute approximate surface area is 157 Å². The highest BCUT2D eigenvalue weighted by molar-refractivity contribution is 7.99. The van der Waals surface area contributed by atoms with Crippen LogP contribution >= 0.6 is 11.8 Å². The van der Waals surface area contributed by atoms with Gasteiger partial charge in [-0.3, -0.25) is 9.36 Å². The highest BCUT2D eigenvalue weighted by atomic mass is 32.2. The van der Waals surface area contributed by atoms with Crippen molar-refractivity contribution in [3.63, 3.8) is 0 Å². The minimum atomic E-state index is -0.0957. The first-order valence-corrected chi connectivity index (χ1v) is 9.69. The predicted molar refractivity (Wildman–Crippen MR) is 106 cm³/mol. The molecule has 0 atom stereocenters. The SMILES string of the molecule is CCOCCSc1nc2ccccc2c(=O)n1-c1ccccc1OCC. The van der Waals surface area contributed by atoms with Crippen LogP contribution < -0.4 is 10.3 Å². The molecule has 5 nitrogen and oxygen atoms in total. The average Bonchev–Trinajstić information content (AvgIpc) is 2.67. The van der Waals surface area contributed by atoms with Crippen LogP contribution in [0.4, 0.5) is 0 Å². The largest absolute Gasteiger partial charge is 0.492 e. The zero-order valence-corrected chi connectivity index (χ0v) is 15.8. The molecule has 1 heterocycles. The van der Waals surface area contributed by atoms with Gasteiger partial charge in [-0.2, -0.15) is 0 Å². The second kappa shape index (κ2) is 8.87. The van der Waals surface area contributed by atoms with Crippen molar-refractivity contribution >= 4 is 22.7 Å². The van der Waals surface area contributed by atoms with Crippen molar-refractivity contribution in [1.82, 2.24) is 9.55 Å². The van der Waals surface area contributed by atoms with E-state index in [2.05, 4.69) is 0 Å². The maximum absolute atomic E-state index is 13.2. The molecule has 1 aromatic heterocycles. The van der Waals surface area contributed by atoms with E-state index in [9.17, 15) is 4.79 Å². The molecule has 0 spiro atoms. The maximum atomic E-state index is 13.2. The lowest BCUT2D eigenvalue weighted by Gasteiger charge is -2.16. The van der Waals surface area contributed by atoms with E-state index >= 15 is 0 Å². The first-order valence-electron chi connectivity index (χ1n) is 8.70. The summed E-state index contributed by atoms with van der Waals surface area (Å²) in [5.74, 6) is 1.39. The van der Waals surface area contributed by atoms with E-state index in [1.165, 1.54) is 11.8 Å². The predicted octanol–water partition coefficient (Wildman–Crippen LogP) is 3.91. The minimum Gasteiger partial charge on any atom is -0.492 e. The first kappa shape index (κ1) is 18.5. The van der Waals surface area contributed by atoms with Gasteiger partial charge in [-0.15, -0.1) is 0 Å². The molecule has 0 bridgehead atoms. The van der Waals surface area contributed by atoms with Crippen LogP contribution in [0.2, 0.25) is 0 Å². The van der Waals surface area contributed by atoms with E-state index in [1.807, 2.05) is 56.3 Å². The summed E-state index contributed by atoms with van der Waals surface area (Å²) in [5, 5.41) is 1.23. The van der Waals surface area contributed by atoms with Gasteiger partial charge in [0.25, 0.3) is 5.56 Å². The third-order valence-corrected chi connectivity index (χ3v) is 4.72. The highest BCUT2D eigenvalue weighted by Crippen LogP contribution is 2.27. The van der Waals surface area contributed by atoms with Crippen molar-refractivity contribution in [2.24, 2.45) is 0 Å². The summed E-state index contributed by atoms with van der Waals surface area (Å²) in [6.07, 6.45) is 0. The molecule has 0 N–H and O–H groups in total. The number of nitrogens with zero attached hydrogens (tertiary/aromatic N) is 2. The Morgan fingerprint density at radius 3 is 2.62 bits per heavy atom. The monoisotopic (exact) mass is 370 g/mol. The Bertz CT molecular complexity index is 940. The van der Waals surface area contributed by atoms with Crippen molar-refractivity contribution in [2.75, 3.05) is 25.6 Å². The van der Waals surface area contributed by atoms with Gasteiger partial charge in [0.15, 0.2) is 5.16 Å². The van der Waals surface area contributed by atoms with Crippen LogP contribution in [0, 0.1) is 0 Å². The normalized spacial score (nSPS) is 11.0. The minimum absolute atomic E-state index is 0.0957. The number of aromatic nitrogens is 2. The topological polar surface area (TPSA) is 53.3 Å². The lowest BCUT2D eigenvalue weighted by Crippen LogP contribution is -2.22. The fraction of sp³-hybridized carbons (Fsp3) is 0.300. The molecule has 0 saturated carbocycles. The summed E-state index contributed by atoms with van der Waals surface area (Å²) in [4.78, 5) is 17.9. The molecule has 0 radical (unpaired) electrons. The summed E-state index contributed by atoms with van der Waals surface area (Å²) >= 11 is 1.51. The van der Waals surface area contributed by atoms with Gasteiger partial charge in [0, 0.05) is 12.4 Å². The van der Waals surface area contributed by atoms with Gasteiger partial charge in [-0.05, 0) is 38.1 Å². The lowest BCUT2D eigenvalue weighted by atomic mass is 10.2. The fourth-order valence-corrected chi connectivity index (χ4v) is 3.53. The van der Waals surface area contributed by atoms with Crippen molar-refractivity contribution in [3.05, 3.63) is 58.9 Å². The number of hydrogen-bond donors (Lipinski definition) is 0. The Balaban J connectivity index is 2.15. The number of thioether (sulfide) groups is 1. The summed E-state index contributed by atoms with van der Waals surface area (Å²) < 4.78 is 12.8. The third-order valence-electron chi connectivity index (χ3n) is 3.81. The van der Waals surface area contributed by atoms with Crippen LogP contribution in [0.25, 0.3) is 16.6 Å². The molecule has 0 aliphatic carbocycles. The van der Waals surface area contributed by atoms with Gasteiger partial charge in [0.2, 0.25) is 0 Å². The summed E-state index contributed by atoms with van der Waals surface area (Å²) in [5.41, 5.74) is 1.31. The zero-order chi connectivity index (χ0) is 18.4. The molecule has 0 unspecified atom stereocenters. The molecule has 136 valence electrons. The van der Waals surface area contributed by atoms with Crippen molar-refractivity contribution < 1.29 is 9.47 Å². The quantitative estimate of drug-likeness (QED) is 0.342. The molecule has 6 heteroatoms. The lowest BCUT2D eigenvalue weighted by molar-refractivity contribution is 0.164. The van der Waals surface area contributed by atoms with Crippen molar-refractivity contribution in [3.8, 4) is 11.4 Å². The molecule has 26 heavy (non-hydrogen) atoms. The number of para-hydroxylation sites is 3. The van der Waals surface area contributed by atoms with E-state index in [0.29, 0.717) is 47.3 Å². The van der Waals surface area contributed by atoms with Gasteiger partial charge in [0.1, 0.15) is 5.75 Å².